The van der Waals surface area contributed by atoms with Gasteiger partial charge in [0.25, 0.3) is 0 Å². The fraction of sp³-hybridized carbons (Fsp3) is 0.476. The number of nitrogens with zero attached hydrogens (tertiary/aromatic N) is 4. The first kappa shape index (κ1) is 19.4. The third-order valence-corrected chi connectivity index (χ3v) is 7.47. The Kier molecular flexibility index (Phi) is 5.94. The minimum atomic E-state index is -3.39. The number of anilines is 1. The Bertz CT molecular complexity index is 865. The molecule has 0 saturated carbocycles. The minimum absolute atomic E-state index is 0.304. The van der Waals surface area contributed by atoms with Crippen molar-refractivity contribution in [1.29, 1.82) is 0 Å². The van der Waals surface area contributed by atoms with Crippen LogP contribution in [-0.2, 0) is 16.6 Å². The van der Waals surface area contributed by atoms with Crippen molar-refractivity contribution in [2.75, 3.05) is 44.2 Å². The molecule has 2 fully saturated rings. The van der Waals surface area contributed by atoms with Gasteiger partial charge in [-0.15, -0.1) is 0 Å². The molecule has 1 aromatic heterocycles. The quantitative estimate of drug-likeness (QED) is 0.772. The molecule has 150 valence electrons. The SMILES string of the molecule is O=S(=O)(c1ccc(N2CCCN(Cc3ccccc3)CC2)nc1)N1CCCC1. The van der Waals surface area contributed by atoms with E-state index in [0.29, 0.717) is 18.0 Å². The second-order valence-electron chi connectivity index (χ2n) is 7.57. The smallest absolute Gasteiger partial charge is 0.244 e. The zero-order valence-corrected chi connectivity index (χ0v) is 17.0. The Balaban J connectivity index is 1.39. The van der Waals surface area contributed by atoms with E-state index in [1.807, 2.05) is 12.1 Å². The van der Waals surface area contributed by atoms with Gasteiger partial charge < -0.3 is 4.90 Å². The molecule has 2 saturated heterocycles. The summed E-state index contributed by atoms with van der Waals surface area (Å²) in [6, 6.07) is 14.1. The molecule has 2 aromatic rings. The van der Waals surface area contributed by atoms with E-state index in [0.717, 1.165) is 57.8 Å². The first-order chi connectivity index (χ1) is 13.6. The van der Waals surface area contributed by atoms with E-state index in [1.54, 1.807) is 10.4 Å². The number of benzene rings is 1. The van der Waals surface area contributed by atoms with E-state index in [4.69, 9.17) is 0 Å². The highest BCUT2D eigenvalue weighted by Crippen LogP contribution is 2.22. The van der Waals surface area contributed by atoms with E-state index >= 15 is 0 Å². The van der Waals surface area contributed by atoms with Crippen molar-refractivity contribution in [3.05, 3.63) is 54.2 Å². The Morgan fingerprint density at radius 3 is 2.32 bits per heavy atom. The number of rotatable bonds is 5. The van der Waals surface area contributed by atoms with E-state index < -0.39 is 10.0 Å². The maximum absolute atomic E-state index is 12.7. The summed E-state index contributed by atoms with van der Waals surface area (Å²) in [5.41, 5.74) is 1.34. The molecular weight excluding hydrogens is 372 g/mol. The summed E-state index contributed by atoms with van der Waals surface area (Å²) < 4.78 is 26.9. The van der Waals surface area contributed by atoms with Crippen molar-refractivity contribution in [2.45, 2.75) is 30.7 Å². The fourth-order valence-electron chi connectivity index (χ4n) is 3.99. The Morgan fingerprint density at radius 2 is 1.61 bits per heavy atom. The van der Waals surface area contributed by atoms with Gasteiger partial charge in [0.05, 0.1) is 0 Å². The molecule has 0 spiro atoms. The maximum atomic E-state index is 12.7. The van der Waals surface area contributed by atoms with Gasteiger partial charge in [-0.05, 0) is 37.0 Å². The van der Waals surface area contributed by atoms with Crippen LogP contribution in [0.3, 0.4) is 0 Å². The van der Waals surface area contributed by atoms with E-state index in [-0.39, 0.29) is 0 Å². The van der Waals surface area contributed by atoms with Gasteiger partial charge in [-0.2, -0.15) is 4.31 Å². The molecule has 4 rings (SSSR count). The largest absolute Gasteiger partial charge is 0.355 e. The van der Waals surface area contributed by atoms with Crippen molar-refractivity contribution in [3.63, 3.8) is 0 Å². The van der Waals surface area contributed by atoms with Gasteiger partial charge in [-0.1, -0.05) is 30.3 Å². The van der Waals surface area contributed by atoms with Crippen molar-refractivity contribution >= 4 is 15.8 Å². The van der Waals surface area contributed by atoms with Crippen LogP contribution >= 0.6 is 0 Å². The summed E-state index contributed by atoms with van der Waals surface area (Å²) in [4.78, 5) is 9.53. The Morgan fingerprint density at radius 1 is 0.821 bits per heavy atom. The van der Waals surface area contributed by atoms with E-state index in [1.165, 1.54) is 11.8 Å². The third kappa shape index (κ3) is 4.37. The highest BCUT2D eigenvalue weighted by molar-refractivity contribution is 7.89. The zero-order chi connectivity index (χ0) is 19.4. The molecule has 0 aliphatic carbocycles. The van der Waals surface area contributed by atoms with Crippen LogP contribution in [-0.4, -0.2) is 61.9 Å². The van der Waals surface area contributed by atoms with Crippen LogP contribution in [0.4, 0.5) is 5.82 Å². The van der Waals surface area contributed by atoms with E-state index in [2.05, 4.69) is 39.0 Å². The predicted molar refractivity (Wildman–Crippen MR) is 111 cm³/mol. The molecule has 0 bridgehead atoms. The number of hydrogen-bond donors (Lipinski definition) is 0. The van der Waals surface area contributed by atoms with Crippen molar-refractivity contribution in [3.8, 4) is 0 Å². The minimum Gasteiger partial charge on any atom is -0.355 e. The van der Waals surface area contributed by atoms with Crippen molar-refractivity contribution in [2.24, 2.45) is 0 Å². The van der Waals surface area contributed by atoms with Gasteiger partial charge in [-0.3, -0.25) is 4.90 Å². The van der Waals surface area contributed by atoms with Gasteiger partial charge >= 0.3 is 0 Å². The second kappa shape index (κ2) is 8.59. The van der Waals surface area contributed by atoms with Gasteiger partial charge in [0.1, 0.15) is 10.7 Å². The lowest BCUT2D eigenvalue weighted by Crippen LogP contribution is -2.31. The monoisotopic (exact) mass is 400 g/mol. The average molecular weight is 401 g/mol. The molecule has 28 heavy (non-hydrogen) atoms. The van der Waals surface area contributed by atoms with Crippen LogP contribution < -0.4 is 4.90 Å². The second-order valence-corrected chi connectivity index (χ2v) is 9.50. The summed E-state index contributed by atoms with van der Waals surface area (Å²) in [6.45, 7) is 6.09. The molecule has 0 N–H and O–H groups in total. The van der Waals surface area contributed by atoms with Crippen LogP contribution in [0, 0.1) is 0 Å². The summed E-state index contributed by atoms with van der Waals surface area (Å²) in [5.74, 6) is 0.863. The summed E-state index contributed by atoms with van der Waals surface area (Å²) in [6.07, 6.45) is 4.48. The van der Waals surface area contributed by atoms with Gasteiger partial charge in [0.2, 0.25) is 10.0 Å². The first-order valence-electron chi connectivity index (χ1n) is 10.1. The van der Waals surface area contributed by atoms with Crippen LogP contribution in [0.2, 0.25) is 0 Å². The zero-order valence-electron chi connectivity index (χ0n) is 16.2. The van der Waals surface area contributed by atoms with Crippen molar-refractivity contribution in [1.82, 2.24) is 14.2 Å². The standard InChI is InChI=1S/C21H28N4O2S/c26-28(27,25-13-4-5-14-25)20-9-10-21(22-17-20)24-12-6-11-23(15-16-24)18-19-7-2-1-3-8-19/h1-3,7-10,17H,4-6,11-16,18H2. The predicted octanol–water partition coefficient (Wildman–Crippen LogP) is 2.58. The van der Waals surface area contributed by atoms with Crippen LogP contribution in [0.15, 0.2) is 53.6 Å². The van der Waals surface area contributed by atoms with Gasteiger partial charge in [0.15, 0.2) is 0 Å². The lowest BCUT2D eigenvalue weighted by Gasteiger charge is -2.23. The molecule has 3 heterocycles. The molecule has 0 amide bonds. The molecular formula is C21H28N4O2S. The number of hydrogen-bond acceptors (Lipinski definition) is 5. The van der Waals surface area contributed by atoms with Gasteiger partial charge in [0, 0.05) is 52.0 Å². The van der Waals surface area contributed by atoms with Crippen LogP contribution in [0.25, 0.3) is 0 Å². The normalized spacial score (nSPS) is 19.6. The number of pyridine rings is 1. The summed E-state index contributed by atoms with van der Waals surface area (Å²) in [5, 5.41) is 0. The van der Waals surface area contributed by atoms with E-state index in [9.17, 15) is 8.42 Å². The van der Waals surface area contributed by atoms with Crippen LogP contribution in [0.5, 0.6) is 0 Å². The maximum Gasteiger partial charge on any atom is 0.244 e. The fourth-order valence-corrected chi connectivity index (χ4v) is 5.45. The molecule has 6 nitrogen and oxygen atoms in total. The lowest BCUT2D eigenvalue weighted by atomic mass is 10.2. The van der Waals surface area contributed by atoms with Gasteiger partial charge in [-0.25, -0.2) is 13.4 Å². The molecule has 7 heteroatoms. The third-order valence-electron chi connectivity index (χ3n) is 5.59. The lowest BCUT2D eigenvalue weighted by molar-refractivity contribution is 0.285. The molecule has 0 atom stereocenters. The molecule has 0 radical (unpaired) electrons. The summed E-state index contributed by atoms with van der Waals surface area (Å²) >= 11 is 0. The Hall–Kier alpha value is -1.96. The number of sulfonamides is 1. The molecule has 2 aliphatic rings. The topological polar surface area (TPSA) is 56.8 Å². The van der Waals surface area contributed by atoms with Crippen LogP contribution in [0.1, 0.15) is 24.8 Å². The highest BCUT2D eigenvalue weighted by atomic mass is 32.2. The highest BCUT2D eigenvalue weighted by Gasteiger charge is 2.27. The molecule has 2 aliphatic heterocycles. The molecule has 1 aromatic carbocycles. The summed E-state index contributed by atoms with van der Waals surface area (Å²) in [7, 11) is -3.39. The number of aromatic nitrogens is 1. The average Bonchev–Trinajstić information content (AvgIpc) is 3.18. The molecule has 0 unspecified atom stereocenters. The first-order valence-corrected chi connectivity index (χ1v) is 11.5. The Labute approximate surface area is 167 Å². The van der Waals surface area contributed by atoms with Crippen molar-refractivity contribution < 1.29 is 8.42 Å².